The predicted octanol–water partition coefficient (Wildman–Crippen LogP) is 4.19. The third-order valence-corrected chi connectivity index (χ3v) is 4.90. The van der Waals surface area contributed by atoms with Crippen LogP contribution in [0.25, 0.3) is 0 Å². The molecule has 0 bridgehead atoms. The van der Waals surface area contributed by atoms with Gasteiger partial charge in [-0.3, -0.25) is 14.8 Å². The number of piperazine rings is 1. The van der Waals surface area contributed by atoms with Gasteiger partial charge in [0.25, 0.3) is 0 Å². The standard InChI is InChI=1S/C23H25N3O/c1-2-6-22(7-3-1)27-23-8-4-5-21(17-23)19-26-15-13-25(14-16-26)18-20-9-11-24-12-10-20/h1-12,17H,13-16,18-19H2. The minimum atomic E-state index is 0.874. The average molecular weight is 359 g/mol. The summed E-state index contributed by atoms with van der Waals surface area (Å²) in [6.07, 6.45) is 3.74. The van der Waals surface area contributed by atoms with Gasteiger partial charge < -0.3 is 4.74 Å². The van der Waals surface area contributed by atoms with E-state index in [1.54, 1.807) is 0 Å². The second-order valence-corrected chi connectivity index (χ2v) is 6.97. The minimum absolute atomic E-state index is 0.874. The molecule has 27 heavy (non-hydrogen) atoms. The predicted molar refractivity (Wildman–Crippen MR) is 108 cm³/mol. The SMILES string of the molecule is c1ccc(Oc2cccc(CN3CCN(Cc4ccncc4)CC3)c2)cc1. The molecule has 0 amide bonds. The van der Waals surface area contributed by atoms with Crippen molar-refractivity contribution < 1.29 is 4.74 Å². The highest BCUT2D eigenvalue weighted by Crippen LogP contribution is 2.22. The Morgan fingerprint density at radius 3 is 2.00 bits per heavy atom. The number of hydrogen-bond donors (Lipinski definition) is 0. The molecule has 4 nitrogen and oxygen atoms in total. The summed E-state index contributed by atoms with van der Waals surface area (Å²) in [6.45, 7) is 6.36. The third-order valence-electron chi connectivity index (χ3n) is 4.90. The zero-order valence-electron chi connectivity index (χ0n) is 15.5. The monoisotopic (exact) mass is 359 g/mol. The quantitative estimate of drug-likeness (QED) is 0.660. The fraction of sp³-hybridized carbons (Fsp3) is 0.261. The van der Waals surface area contributed by atoms with Gasteiger partial charge in [-0.05, 0) is 47.5 Å². The lowest BCUT2D eigenvalue weighted by Crippen LogP contribution is -2.45. The third kappa shape index (κ3) is 5.16. The fourth-order valence-corrected chi connectivity index (χ4v) is 3.44. The van der Waals surface area contributed by atoms with E-state index in [-0.39, 0.29) is 0 Å². The first-order valence-electron chi connectivity index (χ1n) is 9.51. The maximum atomic E-state index is 5.96. The van der Waals surface area contributed by atoms with Gasteiger partial charge >= 0.3 is 0 Å². The van der Waals surface area contributed by atoms with Crippen molar-refractivity contribution in [3.05, 3.63) is 90.3 Å². The van der Waals surface area contributed by atoms with Crippen LogP contribution in [0.1, 0.15) is 11.1 Å². The molecule has 0 spiro atoms. The van der Waals surface area contributed by atoms with Gasteiger partial charge in [0.05, 0.1) is 0 Å². The number of rotatable bonds is 6. The van der Waals surface area contributed by atoms with E-state index in [2.05, 4.69) is 45.1 Å². The van der Waals surface area contributed by atoms with Crippen molar-refractivity contribution in [2.45, 2.75) is 13.1 Å². The summed E-state index contributed by atoms with van der Waals surface area (Å²) in [5.74, 6) is 1.77. The van der Waals surface area contributed by atoms with E-state index >= 15 is 0 Å². The highest BCUT2D eigenvalue weighted by molar-refractivity contribution is 5.33. The summed E-state index contributed by atoms with van der Waals surface area (Å²) in [7, 11) is 0. The van der Waals surface area contributed by atoms with Gasteiger partial charge in [-0.1, -0.05) is 30.3 Å². The molecule has 1 fully saturated rings. The van der Waals surface area contributed by atoms with Crippen molar-refractivity contribution in [2.24, 2.45) is 0 Å². The second-order valence-electron chi connectivity index (χ2n) is 6.97. The van der Waals surface area contributed by atoms with Gasteiger partial charge in [-0.2, -0.15) is 0 Å². The van der Waals surface area contributed by atoms with E-state index in [0.29, 0.717) is 0 Å². The molecular formula is C23H25N3O. The van der Waals surface area contributed by atoms with Crippen LogP contribution in [0.5, 0.6) is 11.5 Å². The van der Waals surface area contributed by atoms with Crippen molar-refractivity contribution in [1.29, 1.82) is 0 Å². The summed E-state index contributed by atoms with van der Waals surface area (Å²) in [5.41, 5.74) is 2.63. The molecule has 0 saturated carbocycles. The Morgan fingerprint density at radius 2 is 1.30 bits per heavy atom. The van der Waals surface area contributed by atoms with Crippen molar-refractivity contribution >= 4 is 0 Å². The Hall–Kier alpha value is -2.69. The number of benzene rings is 2. The second kappa shape index (κ2) is 8.80. The first-order valence-corrected chi connectivity index (χ1v) is 9.51. The van der Waals surface area contributed by atoms with Crippen molar-refractivity contribution in [1.82, 2.24) is 14.8 Å². The molecule has 0 atom stereocenters. The normalized spacial score (nSPS) is 15.6. The highest BCUT2D eigenvalue weighted by Gasteiger charge is 2.17. The molecule has 2 aromatic carbocycles. The molecule has 1 aliphatic heterocycles. The van der Waals surface area contributed by atoms with Gasteiger partial charge in [0.15, 0.2) is 0 Å². The largest absolute Gasteiger partial charge is 0.457 e. The number of aromatic nitrogens is 1. The summed E-state index contributed by atoms with van der Waals surface area (Å²) >= 11 is 0. The van der Waals surface area contributed by atoms with Gasteiger partial charge in [0.1, 0.15) is 11.5 Å². The number of nitrogens with zero attached hydrogens (tertiary/aromatic N) is 3. The smallest absolute Gasteiger partial charge is 0.127 e. The van der Waals surface area contributed by atoms with Crippen molar-refractivity contribution in [2.75, 3.05) is 26.2 Å². The molecular weight excluding hydrogens is 334 g/mol. The van der Waals surface area contributed by atoms with Crippen molar-refractivity contribution in [3.8, 4) is 11.5 Å². The van der Waals surface area contributed by atoms with Gasteiger partial charge in [0.2, 0.25) is 0 Å². The topological polar surface area (TPSA) is 28.6 Å². The summed E-state index contributed by atoms with van der Waals surface area (Å²) in [5, 5.41) is 0. The van der Waals surface area contributed by atoms with Crippen LogP contribution in [0.4, 0.5) is 0 Å². The van der Waals surface area contributed by atoms with E-state index in [1.165, 1.54) is 11.1 Å². The Morgan fingerprint density at radius 1 is 0.667 bits per heavy atom. The minimum Gasteiger partial charge on any atom is -0.457 e. The lowest BCUT2D eigenvalue weighted by molar-refractivity contribution is 0.122. The van der Waals surface area contributed by atoms with Crippen LogP contribution in [-0.4, -0.2) is 41.0 Å². The van der Waals surface area contributed by atoms with Crippen LogP contribution in [0.3, 0.4) is 0 Å². The lowest BCUT2D eigenvalue weighted by Gasteiger charge is -2.34. The first-order chi connectivity index (χ1) is 13.3. The fourth-order valence-electron chi connectivity index (χ4n) is 3.44. The average Bonchev–Trinajstić information content (AvgIpc) is 2.71. The zero-order chi connectivity index (χ0) is 18.3. The number of pyridine rings is 1. The molecule has 0 N–H and O–H groups in total. The van der Waals surface area contributed by atoms with Crippen LogP contribution in [0.15, 0.2) is 79.1 Å². The zero-order valence-corrected chi connectivity index (χ0v) is 15.5. The van der Waals surface area contributed by atoms with E-state index in [0.717, 1.165) is 50.8 Å². The summed E-state index contributed by atoms with van der Waals surface area (Å²) in [6, 6.07) is 22.6. The van der Waals surface area contributed by atoms with Crippen LogP contribution < -0.4 is 4.74 Å². The summed E-state index contributed by atoms with van der Waals surface area (Å²) < 4.78 is 5.96. The maximum absolute atomic E-state index is 5.96. The van der Waals surface area contributed by atoms with E-state index in [1.807, 2.05) is 48.8 Å². The molecule has 1 aromatic heterocycles. The Balaban J connectivity index is 1.29. The van der Waals surface area contributed by atoms with E-state index < -0.39 is 0 Å². The summed E-state index contributed by atoms with van der Waals surface area (Å²) in [4.78, 5) is 9.13. The van der Waals surface area contributed by atoms with Crippen molar-refractivity contribution in [3.63, 3.8) is 0 Å². The van der Waals surface area contributed by atoms with Crippen LogP contribution in [0, 0.1) is 0 Å². The Kier molecular flexibility index (Phi) is 5.77. The molecule has 1 saturated heterocycles. The molecule has 4 rings (SSSR count). The molecule has 138 valence electrons. The molecule has 2 heterocycles. The number of para-hydroxylation sites is 1. The van der Waals surface area contributed by atoms with Gasteiger partial charge in [0, 0.05) is 51.7 Å². The van der Waals surface area contributed by atoms with Crippen LogP contribution in [-0.2, 0) is 13.1 Å². The Labute approximate surface area is 161 Å². The first kappa shape index (κ1) is 17.7. The van der Waals surface area contributed by atoms with Gasteiger partial charge in [-0.15, -0.1) is 0 Å². The Bertz CT molecular complexity index is 831. The number of hydrogen-bond acceptors (Lipinski definition) is 4. The number of ether oxygens (including phenoxy) is 1. The van der Waals surface area contributed by atoms with E-state index in [9.17, 15) is 0 Å². The molecule has 3 aromatic rings. The molecule has 1 aliphatic rings. The lowest BCUT2D eigenvalue weighted by atomic mass is 10.1. The van der Waals surface area contributed by atoms with Crippen LogP contribution in [0.2, 0.25) is 0 Å². The van der Waals surface area contributed by atoms with E-state index in [4.69, 9.17) is 4.74 Å². The molecule has 0 radical (unpaired) electrons. The highest BCUT2D eigenvalue weighted by atomic mass is 16.5. The van der Waals surface area contributed by atoms with Gasteiger partial charge in [-0.25, -0.2) is 0 Å². The molecule has 0 aliphatic carbocycles. The molecule has 0 unspecified atom stereocenters. The van der Waals surface area contributed by atoms with Crippen LogP contribution >= 0.6 is 0 Å². The maximum Gasteiger partial charge on any atom is 0.127 e. The molecule has 4 heteroatoms.